The predicted molar refractivity (Wildman–Crippen MR) is 124 cm³/mol. The molecule has 33 heavy (non-hydrogen) atoms. The van der Waals surface area contributed by atoms with Gasteiger partial charge in [0.15, 0.2) is 17.3 Å². The van der Waals surface area contributed by atoms with Crippen molar-refractivity contribution in [3.8, 4) is 28.5 Å². The predicted octanol–water partition coefficient (Wildman–Crippen LogP) is 3.85. The Morgan fingerprint density at radius 2 is 1.97 bits per heavy atom. The quantitative estimate of drug-likeness (QED) is 0.413. The van der Waals surface area contributed by atoms with Crippen molar-refractivity contribution in [3.63, 3.8) is 0 Å². The van der Waals surface area contributed by atoms with Crippen LogP contribution in [0.5, 0.6) is 5.75 Å². The molecule has 1 aliphatic heterocycles. The molecule has 8 nitrogen and oxygen atoms in total. The summed E-state index contributed by atoms with van der Waals surface area (Å²) in [5.74, 6) is 0.139. The van der Waals surface area contributed by atoms with Crippen LogP contribution in [0.15, 0.2) is 47.0 Å². The Labute approximate surface area is 190 Å². The van der Waals surface area contributed by atoms with Crippen molar-refractivity contribution in [2.75, 3.05) is 51.4 Å². The van der Waals surface area contributed by atoms with Gasteiger partial charge in [-0.1, -0.05) is 17.3 Å². The minimum atomic E-state index is -0.472. The lowest BCUT2D eigenvalue weighted by Gasteiger charge is -2.22. The van der Waals surface area contributed by atoms with Gasteiger partial charge in [-0.15, -0.1) is 0 Å². The van der Waals surface area contributed by atoms with E-state index in [0.29, 0.717) is 34.7 Å². The SMILES string of the molecule is COCCOc1cc2[nH]nc(-c3cc(-c4ccc(N5CCCNCC5)cc4)no3)c2cc1F. The number of hydrogen-bond acceptors (Lipinski definition) is 7. The molecule has 4 aromatic rings. The van der Waals surface area contributed by atoms with Crippen LogP contribution in [0.1, 0.15) is 6.42 Å². The fourth-order valence-electron chi connectivity index (χ4n) is 4.02. The number of halogens is 1. The molecular formula is C24H26FN5O3. The standard InChI is InChI=1S/C24H26FN5O3/c1-31-11-12-32-22-15-21-18(13-19(22)25)24(28-27-21)23-14-20(29-33-23)16-3-5-17(6-4-16)30-9-2-7-26-8-10-30/h3-6,13-15,26H,2,7-12H2,1H3,(H,27,28). The van der Waals surface area contributed by atoms with E-state index in [1.165, 1.54) is 11.8 Å². The number of H-pyrrole nitrogens is 1. The number of hydrogen-bond donors (Lipinski definition) is 2. The van der Waals surface area contributed by atoms with Crippen LogP contribution in [0.3, 0.4) is 0 Å². The first-order valence-corrected chi connectivity index (χ1v) is 11.1. The third-order valence-electron chi connectivity index (χ3n) is 5.77. The van der Waals surface area contributed by atoms with Gasteiger partial charge in [0, 0.05) is 55.5 Å². The van der Waals surface area contributed by atoms with Gasteiger partial charge < -0.3 is 24.2 Å². The summed E-state index contributed by atoms with van der Waals surface area (Å²) in [6.45, 7) is 4.73. The monoisotopic (exact) mass is 451 g/mol. The molecule has 9 heteroatoms. The van der Waals surface area contributed by atoms with Crippen LogP contribution in [0.2, 0.25) is 0 Å². The second kappa shape index (κ2) is 9.60. The minimum absolute atomic E-state index is 0.147. The Balaban J connectivity index is 1.36. The summed E-state index contributed by atoms with van der Waals surface area (Å²) >= 11 is 0. The molecule has 1 aliphatic rings. The molecule has 0 saturated carbocycles. The molecule has 0 bridgehead atoms. The molecule has 5 rings (SSSR count). The minimum Gasteiger partial charge on any atom is -0.488 e. The number of aromatic nitrogens is 3. The van der Waals surface area contributed by atoms with Crippen molar-refractivity contribution in [1.82, 2.24) is 20.7 Å². The van der Waals surface area contributed by atoms with Gasteiger partial charge in [0.2, 0.25) is 0 Å². The second-order valence-corrected chi connectivity index (χ2v) is 7.96. The number of aromatic amines is 1. The first-order chi connectivity index (χ1) is 16.2. The van der Waals surface area contributed by atoms with Crippen LogP contribution in [0.25, 0.3) is 33.6 Å². The zero-order valence-corrected chi connectivity index (χ0v) is 18.4. The second-order valence-electron chi connectivity index (χ2n) is 7.96. The molecule has 0 radical (unpaired) electrons. The number of ether oxygens (including phenoxy) is 2. The molecular weight excluding hydrogens is 425 g/mol. The van der Waals surface area contributed by atoms with E-state index < -0.39 is 5.82 Å². The number of rotatable bonds is 7. The van der Waals surface area contributed by atoms with E-state index in [2.05, 4.69) is 37.7 Å². The Morgan fingerprint density at radius 3 is 2.82 bits per heavy atom. The lowest BCUT2D eigenvalue weighted by atomic mass is 10.1. The van der Waals surface area contributed by atoms with Crippen molar-refractivity contribution in [2.24, 2.45) is 0 Å². The third kappa shape index (κ3) is 4.55. The molecule has 0 aliphatic carbocycles. The number of methoxy groups -OCH3 is 1. The van der Waals surface area contributed by atoms with Gasteiger partial charge in [-0.3, -0.25) is 5.10 Å². The maximum Gasteiger partial charge on any atom is 0.188 e. The zero-order chi connectivity index (χ0) is 22.6. The number of nitrogens with zero attached hydrogens (tertiary/aromatic N) is 3. The zero-order valence-electron chi connectivity index (χ0n) is 18.4. The molecule has 0 amide bonds. The number of anilines is 1. The summed E-state index contributed by atoms with van der Waals surface area (Å²) in [6, 6.07) is 13.1. The Hall–Kier alpha value is -3.43. The highest BCUT2D eigenvalue weighted by Gasteiger charge is 2.18. The summed E-state index contributed by atoms with van der Waals surface area (Å²) in [5.41, 5.74) is 3.99. The molecule has 2 aromatic carbocycles. The van der Waals surface area contributed by atoms with Crippen molar-refractivity contribution >= 4 is 16.6 Å². The smallest absolute Gasteiger partial charge is 0.188 e. The summed E-state index contributed by atoms with van der Waals surface area (Å²) in [6.07, 6.45) is 1.13. The van der Waals surface area contributed by atoms with Gasteiger partial charge in [0.05, 0.1) is 12.1 Å². The summed E-state index contributed by atoms with van der Waals surface area (Å²) in [5, 5.41) is 15.5. The number of fused-ring (bicyclic) bond motifs is 1. The molecule has 3 heterocycles. The normalized spacial score (nSPS) is 14.5. The van der Waals surface area contributed by atoms with Gasteiger partial charge in [-0.2, -0.15) is 5.10 Å². The molecule has 172 valence electrons. The molecule has 2 N–H and O–H groups in total. The van der Waals surface area contributed by atoms with E-state index in [0.717, 1.165) is 38.2 Å². The van der Waals surface area contributed by atoms with E-state index in [1.807, 2.05) is 18.2 Å². The summed E-state index contributed by atoms with van der Waals surface area (Å²) in [7, 11) is 1.57. The Kier molecular flexibility index (Phi) is 6.23. The van der Waals surface area contributed by atoms with Crippen LogP contribution >= 0.6 is 0 Å². The summed E-state index contributed by atoms with van der Waals surface area (Å²) in [4.78, 5) is 2.38. The van der Waals surface area contributed by atoms with E-state index >= 15 is 0 Å². The van der Waals surface area contributed by atoms with Gasteiger partial charge in [0.25, 0.3) is 0 Å². The van der Waals surface area contributed by atoms with E-state index in [-0.39, 0.29) is 12.4 Å². The molecule has 2 aromatic heterocycles. The van der Waals surface area contributed by atoms with Crippen LogP contribution in [-0.4, -0.2) is 61.9 Å². The lowest BCUT2D eigenvalue weighted by molar-refractivity contribution is 0.144. The molecule has 0 atom stereocenters. The lowest BCUT2D eigenvalue weighted by Crippen LogP contribution is -2.27. The van der Waals surface area contributed by atoms with Gasteiger partial charge >= 0.3 is 0 Å². The van der Waals surface area contributed by atoms with E-state index in [1.54, 1.807) is 13.2 Å². The first-order valence-electron chi connectivity index (χ1n) is 11.1. The maximum absolute atomic E-state index is 14.5. The van der Waals surface area contributed by atoms with Crippen LogP contribution < -0.4 is 15.0 Å². The average Bonchev–Trinajstić information content (AvgIpc) is 3.38. The highest BCUT2D eigenvalue weighted by Crippen LogP contribution is 2.33. The van der Waals surface area contributed by atoms with Crippen molar-refractivity contribution in [1.29, 1.82) is 0 Å². The average molecular weight is 452 g/mol. The van der Waals surface area contributed by atoms with Gasteiger partial charge in [-0.25, -0.2) is 4.39 Å². The Morgan fingerprint density at radius 1 is 1.09 bits per heavy atom. The highest BCUT2D eigenvalue weighted by molar-refractivity contribution is 5.92. The maximum atomic E-state index is 14.5. The Bertz CT molecular complexity index is 1210. The number of benzene rings is 2. The molecule has 1 fully saturated rings. The van der Waals surface area contributed by atoms with Gasteiger partial charge in [-0.05, 0) is 31.2 Å². The van der Waals surface area contributed by atoms with Crippen molar-refractivity contribution in [2.45, 2.75) is 6.42 Å². The van der Waals surface area contributed by atoms with Crippen LogP contribution in [0, 0.1) is 5.82 Å². The first kappa shape index (κ1) is 21.4. The van der Waals surface area contributed by atoms with Crippen LogP contribution in [-0.2, 0) is 4.74 Å². The van der Waals surface area contributed by atoms with Crippen molar-refractivity contribution in [3.05, 3.63) is 48.3 Å². The fourth-order valence-corrected chi connectivity index (χ4v) is 4.02. The van der Waals surface area contributed by atoms with Crippen molar-refractivity contribution < 1.29 is 18.4 Å². The fraction of sp³-hybridized carbons (Fsp3) is 0.333. The highest BCUT2D eigenvalue weighted by atomic mass is 19.1. The van der Waals surface area contributed by atoms with E-state index in [9.17, 15) is 4.39 Å². The molecule has 0 spiro atoms. The molecule has 0 unspecified atom stereocenters. The third-order valence-corrected chi connectivity index (χ3v) is 5.77. The topological polar surface area (TPSA) is 88.4 Å². The van der Waals surface area contributed by atoms with Gasteiger partial charge in [0.1, 0.15) is 18.0 Å². The summed E-state index contributed by atoms with van der Waals surface area (Å²) < 4.78 is 30.5. The molecule has 1 saturated heterocycles. The largest absolute Gasteiger partial charge is 0.488 e. The van der Waals surface area contributed by atoms with Crippen LogP contribution in [0.4, 0.5) is 10.1 Å². The number of nitrogens with one attached hydrogen (secondary N) is 2. The van der Waals surface area contributed by atoms with E-state index in [4.69, 9.17) is 14.0 Å².